The molecule has 0 spiro atoms. The average molecular weight is 1580 g/mol. The van der Waals surface area contributed by atoms with Crippen LogP contribution in [-0.2, 0) is 51.3 Å². The van der Waals surface area contributed by atoms with Crippen molar-refractivity contribution in [3.8, 4) is 10.8 Å². The predicted octanol–water partition coefficient (Wildman–Crippen LogP) is 11.9. The molecule has 30 heteroatoms. The molecule has 0 bridgehead atoms. The third-order valence-corrected chi connectivity index (χ3v) is 21.6. The van der Waals surface area contributed by atoms with E-state index in [9.17, 15) is 32.3 Å². The van der Waals surface area contributed by atoms with Crippen molar-refractivity contribution < 1.29 is 56.0 Å². The van der Waals surface area contributed by atoms with Gasteiger partial charge in [-0.1, -0.05) is 89.5 Å². The van der Waals surface area contributed by atoms with E-state index in [1.54, 1.807) is 57.6 Å². The molecule has 21 nitrogen and oxygen atoms in total. The van der Waals surface area contributed by atoms with Crippen molar-refractivity contribution in [2.75, 3.05) is 92.3 Å². The normalized spacial score (nSPS) is 19.1. The number of nitrogens with zero attached hydrogens (tertiary/aromatic N) is 12. The lowest BCUT2D eigenvalue weighted by Crippen LogP contribution is -2.51. The van der Waals surface area contributed by atoms with Crippen molar-refractivity contribution >= 4 is 123 Å². The van der Waals surface area contributed by atoms with Crippen LogP contribution in [0.25, 0.3) is 0 Å². The molecule has 508 valence electrons. The average Bonchev–Trinajstić information content (AvgIpc) is 0.986. The number of carbonyl (C=O) groups is 4. The highest BCUT2D eigenvalue weighted by Gasteiger charge is 2.44. The van der Waals surface area contributed by atoms with Crippen molar-refractivity contribution in [3.05, 3.63) is 210 Å². The molecule has 3 fully saturated rings. The molecule has 0 N–H and O–H groups in total. The Bertz CT molecular complexity index is 4470. The number of fused-ring (bicyclic) bond motifs is 3. The molecule has 6 aliphatic rings. The van der Waals surface area contributed by atoms with Crippen LogP contribution in [0.2, 0.25) is 0 Å². The monoisotopic (exact) mass is 1580 g/mol. The summed E-state index contributed by atoms with van der Waals surface area (Å²) in [6.07, 6.45) is 4.95. The highest BCUT2D eigenvalue weighted by molar-refractivity contribution is 9.11. The molecule has 0 aliphatic carbocycles. The third-order valence-electron chi connectivity index (χ3n) is 17.0. The van der Waals surface area contributed by atoms with E-state index in [4.69, 9.17) is 48.6 Å². The standard InChI is InChI=1S/C68H62Br3F3N12O9S3/c1-5-91-66(88)54-49-32-81(4)19-22-84(49)62(80-57(54)43-15-10-38(72)26-46(43)69)65-77-30-53(98-65)95-41-13-8-37(9-14-41)31-82-20-23-86-50(33-82)55(67(89)92-6-2)59(45-17-12-40(74)28-48(45)71)79-61(86)64-76-29-42(97-64)36-94-52(87)35-83-21-24-85-51(34-83)56(68(90)93-7-3)58(44-16-11-39(73)27-47(44)70)78-60(85)63-75-18-25-96-63/h8-18,25-30,57-59H,5-7,19-24,31-36H2,1-4H3/t57?,58-,59?/m0/s1. The van der Waals surface area contributed by atoms with Gasteiger partial charge in [-0.3, -0.25) is 34.5 Å². The van der Waals surface area contributed by atoms with Crippen LogP contribution in [0.1, 0.15) is 81.1 Å². The van der Waals surface area contributed by atoms with Crippen LogP contribution in [-0.4, -0.2) is 178 Å². The largest absolute Gasteiger partial charge is 0.463 e. The first-order valence-electron chi connectivity index (χ1n) is 31.4. The Balaban J connectivity index is 0.710. The first-order valence-corrected chi connectivity index (χ1v) is 36.3. The van der Waals surface area contributed by atoms with E-state index in [1.807, 2.05) is 56.3 Å². The fourth-order valence-electron chi connectivity index (χ4n) is 12.5. The topological polar surface area (TPSA) is 210 Å². The zero-order chi connectivity index (χ0) is 68.5. The van der Waals surface area contributed by atoms with E-state index in [1.165, 1.54) is 70.4 Å². The number of likely N-dealkylation sites (N-methyl/N-ethyl adjacent to an activating group) is 1. The molecule has 9 heterocycles. The number of esters is 4. The van der Waals surface area contributed by atoms with E-state index in [0.29, 0.717) is 160 Å². The third kappa shape index (κ3) is 14.5. The second-order valence-corrected chi connectivity index (χ2v) is 28.8. The fraction of sp³-hybridized carbons (Fsp3) is 0.324. The summed E-state index contributed by atoms with van der Waals surface area (Å²) in [6.45, 7) is 9.70. The number of hydrogen-bond donors (Lipinski definition) is 0. The Morgan fingerprint density at radius 1 is 0.541 bits per heavy atom. The van der Waals surface area contributed by atoms with Gasteiger partial charge in [0, 0.05) is 114 Å². The van der Waals surface area contributed by atoms with Gasteiger partial charge >= 0.3 is 23.9 Å². The van der Waals surface area contributed by atoms with E-state index in [2.05, 4.69) is 62.6 Å². The van der Waals surface area contributed by atoms with Gasteiger partial charge in [-0.2, -0.15) is 0 Å². The maximum atomic E-state index is 14.8. The van der Waals surface area contributed by atoms with Crippen molar-refractivity contribution in [2.24, 2.45) is 15.0 Å². The predicted molar refractivity (Wildman–Crippen MR) is 373 cm³/mol. The Morgan fingerprint density at radius 2 is 1.01 bits per heavy atom. The molecule has 0 radical (unpaired) electrons. The summed E-state index contributed by atoms with van der Waals surface area (Å²) in [7, 11) is 1.98. The zero-order valence-corrected chi connectivity index (χ0v) is 60.4. The van der Waals surface area contributed by atoms with Crippen molar-refractivity contribution in [1.29, 1.82) is 0 Å². The molecule has 2 unspecified atom stereocenters. The van der Waals surface area contributed by atoms with E-state index < -0.39 is 59.5 Å². The van der Waals surface area contributed by atoms with E-state index >= 15 is 0 Å². The maximum Gasteiger partial charge on any atom is 0.338 e. The number of carbonyl (C=O) groups excluding carboxylic acids is 4. The zero-order valence-electron chi connectivity index (χ0n) is 53.2. The van der Waals surface area contributed by atoms with Crippen LogP contribution in [0, 0.1) is 17.5 Å². The van der Waals surface area contributed by atoms with Gasteiger partial charge in [0.1, 0.15) is 47.9 Å². The summed E-state index contributed by atoms with van der Waals surface area (Å²) >= 11 is 14.6. The van der Waals surface area contributed by atoms with Gasteiger partial charge in [-0.15, -0.1) is 22.7 Å². The van der Waals surface area contributed by atoms with Crippen molar-refractivity contribution in [1.82, 2.24) is 44.4 Å². The van der Waals surface area contributed by atoms with Crippen LogP contribution >= 0.6 is 81.8 Å². The number of amidine groups is 3. The summed E-state index contributed by atoms with van der Waals surface area (Å²) in [4.78, 5) is 98.4. The molecule has 13 rings (SSSR count). The number of halogens is 6. The van der Waals surface area contributed by atoms with Gasteiger partial charge < -0.3 is 38.4 Å². The number of thiazole rings is 3. The number of aromatic nitrogens is 3. The lowest BCUT2D eigenvalue weighted by molar-refractivity contribution is -0.146. The lowest BCUT2D eigenvalue weighted by Gasteiger charge is -2.42. The quantitative estimate of drug-likeness (QED) is 0.0513. The summed E-state index contributed by atoms with van der Waals surface area (Å²) in [5.41, 5.74) is 5.57. The van der Waals surface area contributed by atoms with Crippen LogP contribution in [0.5, 0.6) is 10.8 Å². The van der Waals surface area contributed by atoms with Crippen LogP contribution in [0.4, 0.5) is 13.2 Å². The smallest absolute Gasteiger partial charge is 0.338 e. The number of piperazine rings is 3. The van der Waals surface area contributed by atoms with Crippen molar-refractivity contribution in [2.45, 2.75) is 52.0 Å². The fourth-order valence-corrected chi connectivity index (χ4v) is 16.5. The minimum absolute atomic E-state index is 0.0956. The Labute approximate surface area is 599 Å². The number of benzene rings is 4. The summed E-state index contributed by atoms with van der Waals surface area (Å²) in [6, 6.07) is 17.9. The lowest BCUT2D eigenvalue weighted by atomic mass is 9.93. The van der Waals surface area contributed by atoms with Gasteiger partial charge in [-0.25, -0.2) is 42.5 Å². The second kappa shape index (κ2) is 29.9. The van der Waals surface area contributed by atoms with Gasteiger partial charge in [-0.05, 0) is 98.6 Å². The molecule has 7 aromatic rings. The summed E-state index contributed by atoms with van der Waals surface area (Å²) in [5.74, 6) is -1.38. The molecular weight excluding hydrogens is 1520 g/mol. The second-order valence-electron chi connectivity index (χ2n) is 23.3. The molecule has 0 amide bonds. The van der Waals surface area contributed by atoms with Gasteiger partial charge in [0.25, 0.3) is 0 Å². The first kappa shape index (κ1) is 68.7. The SMILES string of the molecule is CCOC(=O)C1=C2CN(Cc3ccc(Oc4cnc(C5=NC(c6ccc(F)cc6Br)C(C(=O)OCC)=C6CN(C)CCN56)s4)cc3)CCN2C(c2ncc(COC(=O)CN3CCN4C(c5nccs5)=N[C@@H](c5ccc(F)cc5Br)C(C(=O)OCC)=C4C3)s2)=NC1c1ccc(F)cc1Br. The number of aliphatic imine (C=N–C) groups is 3. The Hall–Kier alpha value is -7.81. The van der Waals surface area contributed by atoms with Gasteiger partial charge in [0.05, 0.1) is 54.2 Å². The molecule has 6 aliphatic heterocycles. The minimum Gasteiger partial charge on any atom is -0.463 e. The highest BCUT2D eigenvalue weighted by Crippen LogP contribution is 2.45. The van der Waals surface area contributed by atoms with E-state index in [-0.39, 0.29) is 45.1 Å². The maximum absolute atomic E-state index is 14.8. The number of hydrogen-bond acceptors (Lipinski definition) is 24. The minimum atomic E-state index is -0.940. The van der Waals surface area contributed by atoms with Crippen molar-refractivity contribution in [3.63, 3.8) is 0 Å². The number of ether oxygens (including phenoxy) is 5. The Morgan fingerprint density at radius 3 is 1.51 bits per heavy atom. The first-order chi connectivity index (χ1) is 47.4. The summed E-state index contributed by atoms with van der Waals surface area (Å²) < 4.78 is 74.3. The van der Waals surface area contributed by atoms with Crippen LogP contribution < -0.4 is 4.74 Å². The van der Waals surface area contributed by atoms with Crippen LogP contribution in [0.15, 0.2) is 165 Å². The molecule has 0 saturated carbocycles. The molecule has 4 aromatic carbocycles. The summed E-state index contributed by atoms with van der Waals surface area (Å²) in [5, 5.41) is 4.05. The highest BCUT2D eigenvalue weighted by atomic mass is 79.9. The van der Waals surface area contributed by atoms with Gasteiger partial charge in [0.2, 0.25) is 5.06 Å². The molecule has 3 atom stereocenters. The Kier molecular flexibility index (Phi) is 21.0. The number of rotatable bonds is 20. The molecular formula is C68H62Br3F3N12O9S3. The van der Waals surface area contributed by atoms with Gasteiger partial charge in [0.15, 0.2) is 32.5 Å². The molecule has 3 saturated heterocycles. The molecule has 3 aromatic heterocycles. The van der Waals surface area contributed by atoms with E-state index in [0.717, 1.165) is 11.3 Å². The molecule has 98 heavy (non-hydrogen) atoms. The van der Waals surface area contributed by atoms with Crippen LogP contribution in [0.3, 0.4) is 0 Å².